The van der Waals surface area contributed by atoms with E-state index in [0.29, 0.717) is 21.2 Å². The lowest BCUT2D eigenvalue weighted by Gasteiger charge is -2.27. The summed E-state index contributed by atoms with van der Waals surface area (Å²) in [6.07, 6.45) is -1.62. The van der Waals surface area contributed by atoms with Gasteiger partial charge in [-0.1, -0.05) is 47.5 Å². The van der Waals surface area contributed by atoms with Crippen LogP contribution in [0, 0.1) is 0 Å². The summed E-state index contributed by atoms with van der Waals surface area (Å²) in [5, 5.41) is 14.6. The van der Waals surface area contributed by atoms with E-state index in [-0.39, 0.29) is 0 Å². The van der Waals surface area contributed by atoms with Crippen molar-refractivity contribution in [2.45, 2.75) is 38.5 Å². The molecule has 0 saturated heterocycles. The molecule has 0 bridgehead atoms. The quantitative estimate of drug-likeness (QED) is 0.755. The molecule has 0 heterocycles. The van der Waals surface area contributed by atoms with Crippen LogP contribution in [0.25, 0.3) is 0 Å². The molecular weight excluding hydrogens is 361 g/mol. The summed E-state index contributed by atoms with van der Waals surface area (Å²) < 4.78 is 5.31. The zero-order valence-corrected chi connectivity index (χ0v) is 15.8. The fourth-order valence-corrected chi connectivity index (χ4v) is 2.66. The molecule has 0 aromatic heterocycles. The Morgan fingerprint density at radius 2 is 1.68 bits per heavy atom. The third-order valence-corrected chi connectivity index (χ3v) is 3.89. The third kappa shape index (κ3) is 5.92. The van der Waals surface area contributed by atoms with E-state index in [1.807, 2.05) is 0 Å². The van der Waals surface area contributed by atoms with Crippen LogP contribution in [0.4, 0.5) is 4.79 Å². The number of aliphatic hydroxyl groups excluding tert-OH is 1. The minimum atomic E-state index is -1.01. The molecule has 0 aliphatic rings. The highest BCUT2D eigenvalue weighted by Gasteiger charge is 2.27. The second-order valence-electron chi connectivity index (χ2n) is 6.68. The van der Waals surface area contributed by atoms with Gasteiger partial charge in [0.15, 0.2) is 0 Å². The lowest BCUT2D eigenvalue weighted by atomic mass is 9.96. The summed E-state index contributed by atoms with van der Waals surface area (Å²) in [5.41, 5.74) is 0.640. The van der Waals surface area contributed by atoms with Crippen LogP contribution < -0.4 is 5.32 Å². The molecule has 0 fully saturated rings. The molecule has 2 N–H and O–H groups in total. The highest BCUT2D eigenvalue weighted by atomic mass is 35.5. The number of benzene rings is 2. The highest BCUT2D eigenvalue weighted by molar-refractivity contribution is 6.30. The van der Waals surface area contributed by atoms with Gasteiger partial charge in [0.05, 0.1) is 6.04 Å². The Balaban J connectivity index is 2.31. The number of carbonyl (C=O) groups is 1. The molecule has 2 rings (SSSR count). The third-order valence-electron chi connectivity index (χ3n) is 3.41. The van der Waals surface area contributed by atoms with E-state index in [2.05, 4.69) is 5.32 Å². The Bertz CT molecular complexity index is 726. The number of hydrogen-bond donors (Lipinski definition) is 2. The zero-order chi connectivity index (χ0) is 18.6. The second-order valence-corrected chi connectivity index (χ2v) is 7.55. The minimum Gasteiger partial charge on any atom is -0.444 e. The number of ether oxygens (including phenoxy) is 1. The molecule has 2 aromatic rings. The Morgan fingerprint density at radius 3 is 2.24 bits per heavy atom. The van der Waals surface area contributed by atoms with Crippen molar-refractivity contribution in [1.29, 1.82) is 0 Å². The van der Waals surface area contributed by atoms with Gasteiger partial charge in [0.1, 0.15) is 11.7 Å². The van der Waals surface area contributed by atoms with E-state index in [1.165, 1.54) is 0 Å². The van der Waals surface area contributed by atoms with Crippen molar-refractivity contribution in [2.24, 2.45) is 0 Å². The van der Waals surface area contributed by atoms with Crippen LogP contribution in [0.15, 0.2) is 48.5 Å². The molecule has 0 aliphatic heterocycles. The van der Waals surface area contributed by atoms with Gasteiger partial charge in [0, 0.05) is 10.0 Å². The molecule has 25 heavy (non-hydrogen) atoms. The second kappa shape index (κ2) is 8.09. The number of alkyl carbamates (subject to hydrolysis) is 1. The average Bonchev–Trinajstić information content (AvgIpc) is 2.51. The average molecular weight is 382 g/mol. The predicted molar refractivity (Wildman–Crippen MR) is 100.0 cm³/mol. The first-order valence-electron chi connectivity index (χ1n) is 7.84. The van der Waals surface area contributed by atoms with Crippen LogP contribution in [0.5, 0.6) is 0 Å². The van der Waals surface area contributed by atoms with Crippen LogP contribution in [0.1, 0.15) is 44.0 Å². The lowest BCUT2D eigenvalue weighted by Crippen LogP contribution is -2.37. The molecule has 6 heteroatoms. The number of amides is 1. The highest BCUT2D eigenvalue weighted by Crippen LogP contribution is 2.31. The molecule has 0 radical (unpaired) electrons. The maximum Gasteiger partial charge on any atom is 0.408 e. The first-order chi connectivity index (χ1) is 11.7. The number of rotatable bonds is 4. The van der Waals surface area contributed by atoms with Crippen LogP contribution in [-0.4, -0.2) is 16.8 Å². The standard InChI is InChI=1S/C19H21Cl2NO3/c1-19(2,3)25-18(24)22-16(12-7-9-14(20)10-8-12)17(23)13-5-4-6-15(21)11-13/h4-11,16-17,23H,1-3H3,(H,22,24)/t16-,17?/m1/s1. The topological polar surface area (TPSA) is 58.6 Å². The smallest absolute Gasteiger partial charge is 0.408 e. The molecule has 1 amide bonds. The minimum absolute atomic E-state index is 0.503. The molecule has 4 nitrogen and oxygen atoms in total. The molecule has 2 atom stereocenters. The lowest BCUT2D eigenvalue weighted by molar-refractivity contribution is 0.0419. The molecule has 1 unspecified atom stereocenters. The van der Waals surface area contributed by atoms with E-state index in [9.17, 15) is 9.90 Å². The van der Waals surface area contributed by atoms with E-state index < -0.39 is 23.8 Å². The summed E-state index contributed by atoms with van der Waals surface area (Å²) in [6.45, 7) is 5.33. The predicted octanol–water partition coefficient (Wildman–Crippen LogP) is 5.29. The van der Waals surface area contributed by atoms with Gasteiger partial charge in [-0.2, -0.15) is 0 Å². The summed E-state index contributed by atoms with van der Waals surface area (Å²) >= 11 is 11.9. The van der Waals surface area contributed by atoms with Crippen molar-refractivity contribution in [3.63, 3.8) is 0 Å². The first-order valence-corrected chi connectivity index (χ1v) is 8.60. The van der Waals surface area contributed by atoms with E-state index in [4.69, 9.17) is 27.9 Å². The van der Waals surface area contributed by atoms with Gasteiger partial charge in [0.2, 0.25) is 0 Å². The fourth-order valence-electron chi connectivity index (χ4n) is 2.33. The number of halogens is 2. The van der Waals surface area contributed by atoms with E-state index in [0.717, 1.165) is 0 Å². The van der Waals surface area contributed by atoms with Crippen molar-refractivity contribution >= 4 is 29.3 Å². The number of aliphatic hydroxyl groups is 1. The Morgan fingerprint density at radius 1 is 1.04 bits per heavy atom. The molecule has 0 spiro atoms. The number of hydrogen-bond acceptors (Lipinski definition) is 3. The SMILES string of the molecule is CC(C)(C)OC(=O)N[C@H](c1ccc(Cl)cc1)C(O)c1cccc(Cl)c1. The normalized spacial score (nSPS) is 13.8. The Hall–Kier alpha value is -1.75. The summed E-state index contributed by atoms with van der Waals surface area (Å²) in [6, 6.07) is 13.0. The largest absolute Gasteiger partial charge is 0.444 e. The van der Waals surface area contributed by atoms with Crippen molar-refractivity contribution < 1.29 is 14.6 Å². The monoisotopic (exact) mass is 381 g/mol. The number of nitrogens with one attached hydrogen (secondary N) is 1. The van der Waals surface area contributed by atoms with Gasteiger partial charge in [-0.15, -0.1) is 0 Å². The maximum atomic E-state index is 12.2. The van der Waals surface area contributed by atoms with Crippen molar-refractivity contribution in [1.82, 2.24) is 5.32 Å². The van der Waals surface area contributed by atoms with Crippen LogP contribution in [-0.2, 0) is 4.74 Å². The van der Waals surface area contributed by atoms with Gasteiger partial charge >= 0.3 is 6.09 Å². The van der Waals surface area contributed by atoms with Gasteiger partial charge < -0.3 is 15.2 Å². The molecule has 134 valence electrons. The zero-order valence-electron chi connectivity index (χ0n) is 14.3. The van der Waals surface area contributed by atoms with Crippen LogP contribution in [0.2, 0.25) is 10.0 Å². The maximum absolute atomic E-state index is 12.2. The summed E-state index contributed by atoms with van der Waals surface area (Å²) in [4.78, 5) is 12.2. The van der Waals surface area contributed by atoms with Gasteiger partial charge in [-0.05, 0) is 56.2 Å². The number of carbonyl (C=O) groups excluding carboxylic acids is 1. The van der Waals surface area contributed by atoms with Crippen molar-refractivity contribution in [3.8, 4) is 0 Å². The Kier molecular flexibility index (Phi) is 6.33. The van der Waals surface area contributed by atoms with Gasteiger partial charge in [0.25, 0.3) is 0 Å². The van der Waals surface area contributed by atoms with Gasteiger partial charge in [-0.3, -0.25) is 0 Å². The van der Waals surface area contributed by atoms with Gasteiger partial charge in [-0.25, -0.2) is 4.79 Å². The van der Waals surface area contributed by atoms with Crippen molar-refractivity contribution in [2.75, 3.05) is 0 Å². The van der Waals surface area contributed by atoms with Crippen LogP contribution >= 0.6 is 23.2 Å². The van der Waals surface area contributed by atoms with Crippen LogP contribution in [0.3, 0.4) is 0 Å². The van der Waals surface area contributed by atoms with E-state index in [1.54, 1.807) is 69.3 Å². The summed E-state index contributed by atoms with van der Waals surface area (Å²) in [5.74, 6) is 0. The Labute approximate surface area is 157 Å². The molecule has 0 aliphatic carbocycles. The van der Waals surface area contributed by atoms with E-state index >= 15 is 0 Å². The molecule has 0 saturated carbocycles. The fraction of sp³-hybridized carbons (Fsp3) is 0.316. The summed E-state index contributed by atoms with van der Waals surface area (Å²) in [7, 11) is 0. The molecular formula is C19H21Cl2NO3. The van der Waals surface area contributed by atoms with Crippen molar-refractivity contribution in [3.05, 3.63) is 69.7 Å². The first kappa shape index (κ1) is 19.6. The molecule has 2 aromatic carbocycles.